The molecule has 1 fully saturated rings. The van der Waals surface area contributed by atoms with E-state index in [0.717, 1.165) is 24.2 Å². The zero-order valence-electron chi connectivity index (χ0n) is 15.5. The Morgan fingerprint density at radius 1 is 1.19 bits per heavy atom. The third kappa shape index (κ3) is 5.24. The lowest BCUT2D eigenvalue weighted by atomic mass is 10.1. The largest absolute Gasteiger partial charge is 0.343 e. The van der Waals surface area contributed by atoms with Crippen LogP contribution in [0.2, 0.25) is 0 Å². The van der Waals surface area contributed by atoms with Crippen molar-refractivity contribution in [2.45, 2.75) is 6.92 Å². The van der Waals surface area contributed by atoms with Crippen molar-refractivity contribution in [1.29, 1.82) is 0 Å². The summed E-state index contributed by atoms with van der Waals surface area (Å²) in [6.07, 6.45) is 3.12. The fraction of sp³-hybridized carbons (Fsp3) is 0.368. The van der Waals surface area contributed by atoms with Gasteiger partial charge in [-0.1, -0.05) is 29.4 Å². The van der Waals surface area contributed by atoms with Crippen LogP contribution in [-0.2, 0) is 9.59 Å². The van der Waals surface area contributed by atoms with E-state index in [1.165, 1.54) is 6.08 Å². The molecule has 0 radical (unpaired) electrons. The lowest BCUT2D eigenvalue weighted by Crippen LogP contribution is -2.49. The fourth-order valence-electron chi connectivity index (χ4n) is 2.72. The number of hydrogen-bond acceptors (Lipinski definition) is 6. The monoisotopic (exact) mass is 369 g/mol. The van der Waals surface area contributed by atoms with Gasteiger partial charge in [0.05, 0.1) is 6.54 Å². The van der Waals surface area contributed by atoms with Crippen LogP contribution < -0.4 is 5.32 Å². The van der Waals surface area contributed by atoms with Gasteiger partial charge in [-0.2, -0.15) is 4.98 Å². The molecule has 2 heterocycles. The minimum absolute atomic E-state index is 0.0169. The van der Waals surface area contributed by atoms with Gasteiger partial charge in [-0.05, 0) is 18.7 Å². The molecule has 8 heteroatoms. The molecule has 1 N–H and O–H groups in total. The highest BCUT2D eigenvalue weighted by Gasteiger charge is 2.18. The average molecular weight is 369 g/mol. The van der Waals surface area contributed by atoms with Gasteiger partial charge in [0.25, 0.3) is 0 Å². The van der Waals surface area contributed by atoms with Crippen molar-refractivity contribution in [3.05, 3.63) is 41.8 Å². The minimum Gasteiger partial charge on any atom is -0.343 e. The van der Waals surface area contributed by atoms with Crippen LogP contribution in [0.1, 0.15) is 11.5 Å². The van der Waals surface area contributed by atoms with Crippen LogP contribution in [0.5, 0.6) is 0 Å². The highest BCUT2D eigenvalue weighted by atomic mass is 16.5. The summed E-state index contributed by atoms with van der Waals surface area (Å²) in [4.78, 5) is 32.2. The number of nitrogens with one attached hydrogen (secondary N) is 1. The Hall–Kier alpha value is -3.00. The molecule has 0 atom stereocenters. The highest BCUT2D eigenvalue weighted by molar-refractivity contribution is 5.94. The molecule has 0 unspecified atom stereocenters. The molecule has 1 aromatic carbocycles. The minimum atomic E-state index is -0.296. The second kappa shape index (κ2) is 8.59. The first-order valence-electron chi connectivity index (χ1n) is 8.84. The average Bonchev–Trinajstić information content (AvgIpc) is 3.12. The first-order valence-corrected chi connectivity index (χ1v) is 8.84. The molecule has 27 heavy (non-hydrogen) atoms. The van der Waals surface area contributed by atoms with E-state index >= 15 is 0 Å². The molecule has 0 bridgehead atoms. The molecule has 142 valence electrons. The van der Waals surface area contributed by atoms with Gasteiger partial charge in [0.1, 0.15) is 0 Å². The predicted octanol–water partition coefficient (Wildman–Crippen LogP) is 0.948. The maximum absolute atomic E-state index is 12.1. The van der Waals surface area contributed by atoms with Gasteiger partial charge in [0.2, 0.25) is 23.5 Å². The second-order valence-electron chi connectivity index (χ2n) is 6.49. The molecule has 2 aromatic rings. The van der Waals surface area contributed by atoms with Gasteiger partial charge < -0.3 is 19.6 Å². The first-order chi connectivity index (χ1) is 13.0. The number of rotatable bonds is 5. The summed E-state index contributed by atoms with van der Waals surface area (Å²) in [7, 11) is 2.03. The second-order valence-corrected chi connectivity index (χ2v) is 6.49. The van der Waals surface area contributed by atoms with Gasteiger partial charge in [-0.3, -0.25) is 9.59 Å². The maximum Gasteiger partial charge on any atom is 0.244 e. The number of carbonyl (C=O) groups is 2. The van der Waals surface area contributed by atoms with Gasteiger partial charge in [-0.25, -0.2) is 0 Å². The Morgan fingerprint density at radius 2 is 1.89 bits per heavy atom. The van der Waals surface area contributed by atoms with Gasteiger partial charge >= 0.3 is 0 Å². The Balaban J connectivity index is 1.47. The molecule has 1 aromatic heterocycles. The van der Waals surface area contributed by atoms with Crippen LogP contribution >= 0.6 is 0 Å². The van der Waals surface area contributed by atoms with Crippen LogP contribution in [0.15, 0.2) is 34.9 Å². The molecule has 1 aliphatic rings. The molecule has 1 aliphatic heterocycles. The Kier molecular flexibility index (Phi) is 5.97. The summed E-state index contributed by atoms with van der Waals surface area (Å²) in [5.41, 5.74) is 1.70. The number of aromatic nitrogens is 2. The van der Waals surface area contributed by atoms with Crippen LogP contribution in [0.4, 0.5) is 0 Å². The van der Waals surface area contributed by atoms with Crippen LogP contribution in [0.3, 0.4) is 0 Å². The van der Waals surface area contributed by atoms with E-state index in [1.807, 2.05) is 31.3 Å². The summed E-state index contributed by atoms with van der Waals surface area (Å²) in [5.74, 6) is 0.694. The number of carbonyl (C=O) groups excluding carboxylic acids is 2. The van der Waals surface area contributed by atoms with Crippen molar-refractivity contribution < 1.29 is 14.1 Å². The number of hydrogen-bond donors (Lipinski definition) is 1. The lowest BCUT2D eigenvalue weighted by Gasteiger charge is -2.32. The molecule has 2 amide bonds. The first kappa shape index (κ1) is 18.8. The Morgan fingerprint density at radius 3 is 2.52 bits per heavy atom. The zero-order chi connectivity index (χ0) is 19.2. The van der Waals surface area contributed by atoms with Crippen LogP contribution in [0, 0.1) is 6.92 Å². The summed E-state index contributed by atoms with van der Waals surface area (Å²) < 4.78 is 4.96. The van der Waals surface area contributed by atoms with Crippen LogP contribution in [-0.4, -0.2) is 71.5 Å². The summed E-state index contributed by atoms with van der Waals surface area (Å²) in [5, 5.41) is 6.50. The standard InChI is InChI=1S/C19H23N5O3/c1-14-21-19(22-27-14)16-6-3-15(4-7-16)5-8-17(25)20-13-18(26)24-11-9-23(2)10-12-24/h3-8H,9-13H2,1-2H3,(H,20,25)/b8-5+. The van der Waals surface area contributed by atoms with E-state index in [-0.39, 0.29) is 18.4 Å². The molecule has 0 spiro atoms. The highest BCUT2D eigenvalue weighted by Crippen LogP contribution is 2.16. The van der Waals surface area contributed by atoms with Crippen LogP contribution in [0.25, 0.3) is 17.5 Å². The molecular formula is C19H23N5O3. The summed E-state index contributed by atoms with van der Waals surface area (Å²) in [6, 6.07) is 7.44. The number of nitrogens with zero attached hydrogens (tertiary/aromatic N) is 4. The molecule has 1 saturated heterocycles. The fourth-order valence-corrected chi connectivity index (χ4v) is 2.72. The third-order valence-corrected chi connectivity index (χ3v) is 4.39. The molecule has 0 aliphatic carbocycles. The SMILES string of the molecule is Cc1nc(-c2ccc(/C=C/C(=O)NCC(=O)N3CCN(C)CC3)cc2)no1. The van der Waals surface area contributed by atoms with Crippen molar-refractivity contribution in [2.75, 3.05) is 39.8 Å². The quantitative estimate of drug-likeness (QED) is 0.789. The van der Waals surface area contributed by atoms with Crippen molar-refractivity contribution in [3.8, 4) is 11.4 Å². The van der Waals surface area contributed by atoms with E-state index in [0.29, 0.717) is 24.8 Å². The van der Waals surface area contributed by atoms with Gasteiger partial charge in [0.15, 0.2) is 0 Å². The maximum atomic E-state index is 12.1. The van der Waals surface area contributed by atoms with Crippen molar-refractivity contribution in [1.82, 2.24) is 25.3 Å². The number of benzene rings is 1. The lowest BCUT2D eigenvalue weighted by molar-refractivity contribution is -0.133. The Bertz CT molecular complexity index is 820. The van der Waals surface area contributed by atoms with Gasteiger partial charge in [-0.15, -0.1) is 0 Å². The van der Waals surface area contributed by atoms with E-state index in [1.54, 1.807) is 17.9 Å². The van der Waals surface area contributed by atoms with Gasteiger partial charge in [0, 0.05) is 44.7 Å². The molecule has 0 saturated carbocycles. The van der Waals surface area contributed by atoms with Crippen molar-refractivity contribution in [3.63, 3.8) is 0 Å². The van der Waals surface area contributed by atoms with E-state index in [2.05, 4.69) is 20.4 Å². The topological polar surface area (TPSA) is 91.6 Å². The third-order valence-electron chi connectivity index (χ3n) is 4.39. The number of piperazine rings is 1. The molecule has 3 rings (SSSR count). The number of aryl methyl sites for hydroxylation is 1. The van der Waals surface area contributed by atoms with Crippen molar-refractivity contribution in [2.24, 2.45) is 0 Å². The van der Waals surface area contributed by atoms with E-state index in [9.17, 15) is 9.59 Å². The molecule has 8 nitrogen and oxygen atoms in total. The normalized spacial score (nSPS) is 15.3. The zero-order valence-corrected chi connectivity index (χ0v) is 15.5. The number of amides is 2. The predicted molar refractivity (Wildman–Crippen MR) is 101 cm³/mol. The van der Waals surface area contributed by atoms with Crippen molar-refractivity contribution >= 4 is 17.9 Å². The van der Waals surface area contributed by atoms with E-state index < -0.39 is 0 Å². The number of likely N-dealkylation sites (N-methyl/N-ethyl adjacent to an activating group) is 1. The molecular weight excluding hydrogens is 346 g/mol. The smallest absolute Gasteiger partial charge is 0.244 e. The summed E-state index contributed by atoms with van der Waals surface area (Å²) in [6.45, 7) is 4.88. The summed E-state index contributed by atoms with van der Waals surface area (Å²) >= 11 is 0. The Labute approximate surface area is 157 Å². The van der Waals surface area contributed by atoms with E-state index in [4.69, 9.17) is 4.52 Å².